The first-order valence-electron chi connectivity index (χ1n) is 18.2. The van der Waals surface area contributed by atoms with E-state index in [0.29, 0.717) is 53.0 Å². The zero-order chi connectivity index (χ0) is 39.0. The third-order valence-corrected chi connectivity index (χ3v) is 9.61. The van der Waals surface area contributed by atoms with Gasteiger partial charge in [0.2, 0.25) is 11.8 Å². The number of urea groups is 1. The van der Waals surface area contributed by atoms with Gasteiger partial charge in [-0.15, -0.1) is 0 Å². The molecule has 3 atom stereocenters. The van der Waals surface area contributed by atoms with Gasteiger partial charge in [0, 0.05) is 35.4 Å². The number of hydrogen-bond donors (Lipinski definition) is 6. The van der Waals surface area contributed by atoms with E-state index in [2.05, 4.69) is 21.3 Å². The van der Waals surface area contributed by atoms with E-state index in [9.17, 15) is 29.1 Å². The molecule has 0 aromatic heterocycles. The standard InChI is InChI=1S/C41H49N5O8/c1-25(2)33(46-39(51)53-24-27-11-6-5-7-12-27)37(49)45-32(15-10-22-43-38(42)50)36(48)44-28-18-16-26(17-19-28)23-41(52)31-14-9-8-13-29(31)34-30(35(41)47)20-21-40(3,4)54-34/h5-9,11-14,16-19,25,32-33,52H,10,15,20-24H2,1-4H3,(H,44,48)(H,45,49)(H,46,51)(H3,42,43,50)/t32-,33-,41?/m0/s1. The highest BCUT2D eigenvalue weighted by molar-refractivity contribution is 6.11. The minimum absolute atomic E-state index is 0.000164. The van der Waals surface area contributed by atoms with Crippen molar-refractivity contribution in [1.82, 2.24) is 16.0 Å². The SMILES string of the molecule is CC(C)[C@H](NC(=O)OCc1ccccc1)C(=O)N[C@@H](CCCNC(N)=O)C(=O)Nc1ccc(CC2(O)C(=O)C3=C(OC(C)(C)CC3)c3ccccc32)cc1. The summed E-state index contributed by atoms with van der Waals surface area (Å²) < 4.78 is 11.6. The van der Waals surface area contributed by atoms with Gasteiger partial charge < -0.3 is 41.6 Å². The van der Waals surface area contributed by atoms with Crippen LogP contribution in [0.3, 0.4) is 0 Å². The quantitative estimate of drug-likeness (QED) is 0.127. The van der Waals surface area contributed by atoms with E-state index in [0.717, 1.165) is 5.56 Å². The second kappa shape index (κ2) is 17.0. The molecule has 3 aromatic rings. The number of ketones is 1. The fourth-order valence-electron chi connectivity index (χ4n) is 6.66. The van der Waals surface area contributed by atoms with Gasteiger partial charge in [-0.05, 0) is 68.7 Å². The molecule has 54 heavy (non-hydrogen) atoms. The molecule has 2 aliphatic rings. The maximum atomic E-state index is 13.9. The molecule has 13 heteroatoms. The Hall–Kier alpha value is -5.69. The summed E-state index contributed by atoms with van der Waals surface area (Å²) in [6.07, 6.45) is 0.811. The summed E-state index contributed by atoms with van der Waals surface area (Å²) in [5.74, 6) is -1.32. The van der Waals surface area contributed by atoms with Gasteiger partial charge in [-0.2, -0.15) is 0 Å². The Bertz CT molecular complexity index is 1890. The van der Waals surface area contributed by atoms with Crippen LogP contribution in [0.4, 0.5) is 15.3 Å². The molecule has 1 heterocycles. The number of anilines is 1. The number of benzene rings is 3. The van der Waals surface area contributed by atoms with Crippen LogP contribution >= 0.6 is 0 Å². The van der Waals surface area contributed by atoms with Crippen LogP contribution in [0.5, 0.6) is 0 Å². The first-order valence-corrected chi connectivity index (χ1v) is 18.2. The smallest absolute Gasteiger partial charge is 0.408 e. The van der Waals surface area contributed by atoms with Crippen LogP contribution in [-0.2, 0) is 42.5 Å². The van der Waals surface area contributed by atoms with E-state index in [1.165, 1.54) is 0 Å². The number of hydrogen-bond acceptors (Lipinski definition) is 8. The third-order valence-electron chi connectivity index (χ3n) is 9.61. The van der Waals surface area contributed by atoms with Gasteiger partial charge in [-0.1, -0.05) is 80.6 Å². The first kappa shape index (κ1) is 39.5. The van der Waals surface area contributed by atoms with Crippen LogP contribution in [-0.4, -0.2) is 59.1 Å². The number of alkyl carbamates (subject to hydrolysis) is 1. The number of aliphatic hydroxyl groups is 1. The highest BCUT2D eigenvalue weighted by Crippen LogP contribution is 2.47. The molecule has 1 aliphatic heterocycles. The van der Waals surface area contributed by atoms with Crippen molar-refractivity contribution in [2.75, 3.05) is 11.9 Å². The summed E-state index contributed by atoms with van der Waals surface area (Å²) in [6.45, 7) is 7.67. The fraction of sp³-hybridized carbons (Fsp3) is 0.390. The minimum atomic E-state index is -1.81. The van der Waals surface area contributed by atoms with E-state index >= 15 is 0 Å². The number of Topliss-reactive ketones (excluding diaryl/α,β-unsaturated/α-hetero) is 1. The normalized spacial score (nSPS) is 18.3. The monoisotopic (exact) mass is 739 g/mol. The van der Waals surface area contributed by atoms with Crippen molar-refractivity contribution in [3.8, 4) is 0 Å². The molecule has 5 amide bonds. The lowest BCUT2D eigenvalue weighted by Crippen LogP contribution is -2.54. The number of amides is 5. The zero-order valence-electron chi connectivity index (χ0n) is 31.1. The van der Waals surface area contributed by atoms with E-state index in [4.69, 9.17) is 15.2 Å². The van der Waals surface area contributed by atoms with E-state index in [1.807, 2.05) is 56.3 Å². The molecule has 0 saturated carbocycles. The molecule has 1 unspecified atom stereocenters. The van der Waals surface area contributed by atoms with Crippen LogP contribution in [0.1, 0.15) is 75.6 Å². The molecule has 0 fully saturated rings. The highest BCUT2D eigenvalue weighted by atomic mass is 16.5. The molecule has 0 spiro atoms. The maximum Gasteiger partial charge on any atom is 0.408 e. The number of primary amides is 1. The van der Waals surface area contributed by atoms with Crippen molar-refractivity contribution in [1.29, 1.82) is 0 Å². The van der Waals surface area contributed by atoms with Gasteiger partial charge in [-0.3, -0.25) is 14.4 Å². The number of ether oxygens (including phenoxy) is 2. The van der Waals surface area contributed by atoms with Crippen LogP contribution < -0.4 is 27.0 Å². The molecule has 3 aromatic carbocycles. The van der Waals surface area contributed by atoms with Crippen LogP contribution in [0, 0.1) is 5.92 Å². The predicted octanol–water partition coefficient (Wildman–Crippen LogP) is 4.82. The summed E-state index contributed by atoms with van der Waals surface area (Å²) in [7, 11) is 0. The molecular weight excluding hydrogens is 690 g/mol. The molecule has 13 nitrogen and oxygen atoms in total. The summed E-state index contributed by atoms with van der Waals surface area (Å²) >= 11 is 0. The number of carbonyl (C=O) groups is 5. The lowest BCUT2D eigenvalue weighted by Gasteiger charge is -2.41. The molecule has 1 aliphatic carbocycles. The van der Waals surface area contributed by atoms with Crippen molar-refractivity contribution in [2.24, 2.45) is 11.7 Å². The Morgan fingerprint density at radius 3 is 2.28 bits per heavy atom. The predicted molar refractivity (Wildman–Crippen MR) is 203 cm³/mol. The Balaban J connectivity index is 1.26. The Morgan fingerprint density at radius 2 is 1.59 bits per heavy atom. The zero-order valence-corrected chi connectivity index (χ0v) is 31.1. The molecule has 5 rings (SSSR count). The number of rotatable bonds is 14. The van der Waals surface area contributed by atoms with Crippen molar-refractivity contribution in [3.05, 3.63) is 107 Å². The van der Waals surface area contributed by atoms with E-state index in [1.54, 1.807) is 50.2 Å². The topological polar surface area (TPSA) is 198 Å². The molecule has 0 radical (unpaired) electrons. The summed E-state index contributed by atoms with van der Waals surface area (Å²) in [5.41, 5.74) is 6.46. The minimum Gasteiger partial charge on any atom is -0.487 e. The molecule has 286 valence electrons. The molecule has 0 saturated heterocycles. The first-order chi connectivity index (χ1) is 25.7. The molecular formula is C41H49N5O8. The average molecular weight is 740 g/mol. The van der Waals surface area contributed by atoms with Gasteiger partial charge in [0.15, 0.2) is 11.4 Å². The van der Waals surface area contributed by atoms with Crippen LogP contribution in [0.25, 0.3) is 5.76 Å². The number of fused-ring (bicyclic) bond motifs is 2. The van der Waals surface area contributed by atoms with E-state index < -0.39 is 47.2 Å². The largest absolute Gasteiger partial charge is 0.487 e. The average Bonchev–Trinajstić information content (AvgIpc) is 3.14. The number of nitrogens with one attached hydrogen (secondary N) is 4. The van der Waals surface area contributed by atoms with Gasteiger partial charge in [0.1, 0.15) is 30.1 Å². The lowest BCUT2D eigenvalue weighted by molar-refractivity contribution is -0.135. The van der Waals surface area contributed by atoms with Crippen molar-refractivity contribution >= 4 is 41.2 Å². The Kier molecular flexibility index (Phi) is 12.4. The summed E-state index contributed by atoms with van der Waals surface area (Å²) in [6, 6.07) is 20.3. The van der Waals surface area contributed by atoms with Crippen molar-refractivity contribution < 1.29 is 38.6 Å². The van der Waals surface area contributed by atoms with Crippen LogP contribution in [0.15, 0.2) is 84.4 Å². The van der Waals surface area contributed by atoms with Crippen LogP contribution in [0.2, 0.25) is 0 Å². The third kappa shape index (κ3) is 9.64. The number of carbonyl (C=O) groups excluding carboxylic acids is 5. The second-order valence-corrected chi connectivity index (χ2v) is 14.7. The van der Waals surface area contributed by atoms with Crippen molar-refractivity contribution in [3.63, 3.8) is 0 Å². The van der Waals surface area contributed by atoms with Gasteiger partial charge in [-0.25, -0.2) is 9.59 Å². The number of nitrogens with two attached hydrogens (primary N) is 1. The van der Waals surface area contributed by atoms with Crippen molar-refractivity contribution in [2.45, 2.75) is 89.7 Å². The lowest BCUT2D eigenvalue weighted by atomic mass is 9.72. The van der Waals surface area contributed by atoms with Gasteiger partial charge in [0.05, 0.1) is 0 Å². The maximum absolute atomic E-state index is 13.9. The van der Waals surface area contributed by atoms with Gasteiger partial charge >= 0.3 is 12.1 Å². The fourth-order valence-corrected chi connectivity index (χ4v) is 6.66. The summed E-state index contributed by atoms with van der Waals surface area (Å²) in [5, 5.41) is 22.7. The second-order valence-electron chi connectivity index (χ2n) is 14.7. The highest BCUT2D eigenvalue weighted by Gasteiger charge is 2.49. The Morgan fingerprint density at radius 1 is 0.907 bits per heavy atom. The Labute approximate surface area is 315 Å². The molecule has 7 N–H and O–H groups in total. The molecule has 0 bridgehead atoms. The van der Waals surface area contributed by atoms with Gasteiger partial charge in [0.25, 0.3) is 0 Å². The summed E-state index contributed by atoms with van der Waals surface area (Å²) in [4.78, 5) is 64.8. The van der Waals surface area contributed by atoms with E-state index in [-0.39, 0.29) is 37.7 Å².